The molecule has 0 saturated heterocycles. The van der Waals surface area contributed by atoms with E-state index in [9.17, 15) is 9.59 Å². The lowest BCUT2D eigenvalue weighted by atomic mass is 10.2. The average Bonchev–Trinajstić information content (AvgIpc) is 2.67. The van der Waals surface area contributed by atoms with Gasteiger partial charge in [-0.1, -0.05) is 35.9 Å². The maximum atomic E-state index is 12.4. The van der Waals surface area contributed by atoms with Crippen LogP contribution in [-0.4, -0.2) is 11.8 Å². The van der Waals surface area contributed by atoms with Gasteiger partial charge in [0.05, 0.1) is 0 Å². The quantitative estimate of drug-likeness (QED) is 0.609. The fraction of sp³-hybridized carbons (Fsp3) is 0.0909. The van der Waals surface area contributed by atoms with Crippen molar-refractivity contribution in [1.29, 1.82) is 0 Å². The molecule has 0 aliphatic heterocycles. The molecule has 0 aliphatic carbocycles. The van der Waals surface area contributed by atoms with Crippen molar-refractivity contribution in [2.45, 2.75) is 13.5 Å². The summed E-state index contributed by atoms with van der Waals surface area (Å²) < 4.78 is 5.72. The molecule has 0 radical (unpaired) electrons. The highest BCUT2D eigenvalue weighted by atomic mass is 35.5. The van der Waals surface area contributed by atoms with Gasteiger partial charge in [-0.2, -0.15) is 0 Å². The molecular formula is C22H19ClN2O3. The minimum Gasteiger partial charge on any atom is -0.489 e. The van der Waals surface area contributed by atoms with Crippen LogP contribution in [0.15, 0.2) is 72.8 Å². The molecule has 0 saturated carbocycles. The third-order valence-corrected chi connectivity index (χ3v) is 4.28. The van der Waals surface area contributed by atoms with Crippen LogP contribution in [0.2, 0.25) is 5.02 Å². The van der Waals surface area contributed by atoms with Gasteiger partial charge in [-0.3, -0.25) is 9.59 Å². The molecule has 2 N–H and O–H groups in total. The molecule has 28 heavy (non-hydrogen) atoms. The molecule has 3 aromatic rings. The second-order valence-corrected chi connectivity index (χ2v) is 6.53. The van der Waals surface area contributed by atoms with Gasteiger partial charge < -0.3 is 15.4 Å². The summed E-state index contributed by atoms with van der Waals surface area (Å²) in [6, 6.07) is 21.3. The molecule has 0 fully saturated rings. The zero-order chi connectivity index (χ0) is 19.9. The predicted octanol–water partition coefficient (Wildman–Crippen LogP) is 5.13. The van der Waals surface area contributed by atoms with E-state index in [-0.39, 0.29) is 11.8 Å². The highest BCUT2D eigenvalue weighted by molar-refractivity contribution is 6.31. The molecular weight excluding hydrogens is 376 g/mol. The Morgan fingerprint density at radius 2 is 1.57 bits per heavy atom. The molecule has 0 unspecified atom stereocenters. The molecule has 142 valence electrons. The standard InChI is InChI=1S/C22H19ClN2O3/c1-15(26)24-18-6-4-7-19(13-18)25-22(27)16-9-11-20(12-10-16)28-14-17-5-2-3-8-21(17)23/h2-13H,14H2,1H3,(H,24,26)(H,25,27). The van der Waals surface area contributed by atoms with Crippen molar-refractivity contribution < 1.29 is 14.3 Å². The molecule has 0 spiro atoms. The zero-order valence-electron chi connectivity index (χ0n) is 15.2. The average molecular weight is 395 g/mol. The van der Waals surface area contributed by atoms with Gasteiger partial charge in [-0.05, 0) is 48.5 Å². The van der Waals surface area contributed by atoms with Gasteiger partial charge in [0.2, 0.25) is 5.91 Å². The molecule has 0 aliphatic rings. The van der Waals surface area contributed by atoms with E-state index in [2.05, 4.69) is 10.6 Å². The summed E-state index contributed by atoms with van der Waals surface area (Å²) >= 11 is 6.12. The first kappa shape index (κ1) is 19.5. The maximum Gasteiger partial charge on any atom is 0.255 e. The first-order chi connectivity index (χ1) is 13.5. The number of ether oxygens (including phenoxy) is 1. The monoisotopic (exact) mass is 394 g/mol. The van der Waals surface area contributed by atoms with E-state index >= 15 is 0 Å². The van der Waals surface area contributed by atoms with Gasteiger partial charge in [-0.15, -0.1) is 0 Å². The molecule has 0 aromatic heterocycles. The van der Waals surface area contributed by atoms with E-state index in [0.29, 0.717) is 34.3 Å². The van der Waals surface area contributed by atoms with Gasteiger partial charge in [0.15, 0.2) is 0 Å². The van der Waals surface area contributed by atoms with Gasteiger partial charge in [0.25, 0.3) is 5.91 Å². The summed E-state index contributed by atoms with van der Waals surface area (Å²) in [6.07, 6.45) is 0. The number of rotatable bonds is 6. The number of halogens is 1. The summed E-state index contributed by atoms with van der Waals surface area (Å²) in [6.45, 7) is 1.78. The Bertz CT molecular complexity index is 987. The Morgan fingerprint density at radius 1 is 0.893 bits per heavy atom. The van der Waals surface area contributed by atoms with Crippen molar-refractivity contribution in [3.63, 3.8) is 0 Å². The van der Waals surface area contributed by atoms with Crippen molar-refractivity contribution in [2.75, 3.05) is 10.6 Å². The molecule has 3 rings (SSSR count). The molecule has 5 nitrogen and oxygen atoms in total. The lowest BCUT2D eigenvalue weighted by Gasteiger charge is -2.10. The molecule has 0 bridgehead atoms. The maximum absolute atomic E-state index is 12.4. The van der Waals surface area contributed by atoms with Crippen LogP contribution in [0.3, 0.4) is 0 Å². The number of nitrogens with one attached hydrogen (secondary N) is 2. The molecule has 6 heteroatoms. The lowest BCUT2D eigenvalue weighted by Crippen LogP contribution is -2.12. The summed E-state index contributed by atoms with van der Waals surface area (Å²) in [7, 11) is 0. The minimum absolute atomic E-state index is 0.171. The van der Waals surface area contributed by atoms with Gasteiger partial charge in [0.1, 0.15) is 12.4 Å². The smallest absolute Gasteiger partial charge is 0.255 e. The highest BCUT2D eigenvalue weighted by Crippen LogP contribution is 2.20. The molecule has 3 aromatic carbocycles. The number of anilines is 2. The zero-order valence-corrected chi connectivity index (χ0v) is 16.0. The van der Waals surface area contributed by atoms with Crippen molar-refractivity contribution in [3.8, 4) is 5.75 Å². The molecule has 0 atom stereocenters. The van der Waals surface area contributed by atoms with E-state index in [0.717, 1.165) is 5.56 Å². The van der Waals surface area contributed by atoms with Crippen molar-refractivity contribution in [1.82, 2.24) is 0 Å². The second kappa shape index (κ2) is 9.06. The van der Waals surface area contributed by atoms with E-state index in [1.807, 2.05) is 24.3 Å². The van der Waals surface area contributed by atoms with E-state index in [4.69, 9.17) is 16.3 Å². The summed E-state index contributed by atoms with van der Waals surface area (Å²) in [5.74, 6) is 0.220. The number of hydrogen-bond acceptors (Lipinski definition) is 3. The van der Waals surface area contributed by atoms with Crippen molar-refractivity contribution >= 4 is 34.8 Å². The van der Waals surface area contributed by atoms with Crippen molar-refractivity contribution in [3.05, 3.63) is 88.9 Å². The Kier molecular flexibility index (Phi) is 6.29. The summed E-state index contributed by atoms with van der Waals surface area (Å²) in [5, 5.41) is 6.14. The van der Waals surface area contributed by atoms with Gasteiger partial charge >= 0.3 is 0 Å². The number of carbonyl (C=O) groups is 2. The van der Waals surface area contributed by atoms with E-state index in [1.165, 1.54) is 6.92 Å². The number of amides is 2. The first-order valence-corrected chi connectivity index (χ1v) is 9.04. The summed E-state index contributed by atoms with van der Waals surface area (Å²) in [4.78, 5) is 23.6. The SMILES string of the molecule is CC(=O)Nc1cccc(NC(=O)c2ccc(OCc3ccccc3Cl)cc2)c1. The molecule has 2 amide bonds. The fourth-order valence-electron chi connectivity index (χ4n) is 2.56. The first-order valence-electron chi connectivity index (χ1n) is 8.66. The van der Waals surface area contributed by atoms with Gasteiger partial charge in [0, 0.05) is 34.4 Å². The number of benzene rings is 3. The largest absolute Gasteiger partial charge is 0.489 e. The van der Waals surface area contributed by atoms with Crippen molar-refractivity contribution in [2.24, 2.45) is 0 Å². The van der Waals surface area contributed by atoms with Gasteiger partial charge in [-0.25, -0.2) is 0 Å². The fourth-order valence-corrected chi connectivity index (χ4v) is 2.75. The van der Waals surface area contributed by atoms with Crippen LogP contribution in [0.5, 0.6) is 5.75 Å². The Labute approximate surface area is 168 Å². The Hall–Kier alpha value is -3.31. The predicted molar refractivity (Wildman–Crippen MR) is 111 cm³/mol. The van der Waals surface area contributed by atoms with Crippen LogP contribution in [-0.2, 0) is 11.4 Å². The van der Waals surface area contributed by atoms with E-state index < -0.39 is 0 Å². The third-order valence-electron chi connectivity index (χ3n) is 3.91. The lowest BCUT2D eigenvalue weighted by molar-refractivity contribution is -0.114. The number of hydrogen-bond donors (Lipinski definition) is 2. The van der Waals surface area contributed by atoms with Crippen LogP contribution in [0.4, 0.5) is 11.4 Å². The topological polar surface area (TPSA) is 67.4 Å². The van der Waals surface area contributed by atoms with Crippen LogP contribution < -0.4 is 15.4 Å². The normalized spacial score (nSPS) is 10.2. The highest BCUT2D eigenvalue weighted by Gasteiger charge is 2.08. The van der Waals surface area contributed by atoms with Crippen LogP contribution in [0.25, 0.3) is 0 Å². The molecule has 0 heterocycles. The number of carbonyl (C=O) groups excluding carboxylic acids is 2. The van der Waals surface area contributed by atoms with Crippen LogP contribution in [0.1, 0.15) is 22.8 Å². The second-order valence-electron chi connectivity index (χ2n) is 6.12. The van der Waals surface area contributed by atoms with E-state index in [1.54, 1.807) is 48.5 Å². The van der Waals surface area contributed by atoms with Crippen LogP contribution in [0, 0.1) is 0 Å². The summed E-state index contributed by atoms with van der Waals surface area (Å²) in [5.41, 5.74) is 2.60. The Morgan fingerprint density at radius 3 is 2.25 bits per heavy atom. The third kappa shape index (κ3) is 5.34. The Balaban J connectivity index is 1.61. The minimum atomic E-state index is -0.252. The van der Waals surface area contributed by atoms with Crippen LogP contribution >= 0.6 is 11.6 Å².